The van der Waals surface area contributed by atoms with Crippen molar-refractivity contribution in [3.8, 4) is 0 Å². The van der Waals surface area contributed by atoms with Crippen LogP contribution in [0.4, 0.5) is 11.4 Å². The number of esters is 1. The summed E-state index contributed by atoms with van der Waals surface area (Å²) in [6.45, 7) is 1.96. The zero-order valence-electron chi connectivity index (χ0n) is 24.9. The number of aliphatic hydroxyl groups is 1. The van der Waals surface area contributed by atoms with E-state index in [-0.39, 0.29) is 23.3 Å². The summed E-state index contributed by atoms with van der Waals surface area (Å²) in [5, 5.41) is 11.4. The molecule has 1 heterocycles. The maximum absolute atomic E-state index is 13.9. The van der Waals surface area contributed by atoms with Crippen molar-refractivity contribution in [2.75, 3.05) is 4.90 Å². The SMILES string of the molecule is CCC(Cc1ccccc1)C1OC(=O)C(C(c2cccc(N(C(=O)c3ccccc3)c3ccc(Br)cc3)c2)C2CC2)=C(O)C1=O. The number of anilines is 2. The summed E-state index contributed by atoms with van der Waals surface area (Å²) in [6, 6.07) is 33.7. The van der Waals surface area contributed by atoms with Gasteiger partial charge in [0.25, 0.3) is 5.91 Å². The molecule has 4 aromatic rings. The van der Waals surface area contributed by atoms with Crippen LogP contribution in [0.2, 0.25) is 0 Å². The third-order valence-electron chi connectivity index (χ3n) is 8.69. The first kappa shape index (κ1) is 30.5. The molecule has 1 N–H and O–H groups in total. The van der Waals surface area contributed by atoms with Crippen molar-refractivity contribution < 1.29 is 24.2 Å². The number of rotatable bonds is 10. The van der Waals surface area contributed by atoms with Crippen molar-refractivity contribution in [3.63, 3.8) is 0 Å². The first-order valence-corrected chi connectivity index (χ1v) is 16.1. The number of carbonyl (C=O) groups excluding carboxylic acids is 3. The number of cyclic esters (lactones) is 1. The van der Waals surface area contributed by atoms with Gasteiger partial charge in [0.15, 0.2) is 11.9 Å². The van der Waals surface area contributed by atoms with Gasteiger partial charge in [0.2, 0.25) is 5.78 Å². The molecule has 1 aliphatic carbocycles. The molecule has 0 radical (unpaired) electrons. The molecule has 1 amide bonds. The Labute approximate surface area is 271 Å². The smallest absolute Gasteiger partial charge is 0.339 e. The maximum Gasteiger partial charge on any atom is 0.339 e. The second-order valence-electron chi connectivity index (χ2n) is 11.7. The Bertz CT molecular complexity index is 1730. The molecule has 0 aromatic heterocycles. The fourth-order valence-corrected chi connectivity index (χ4v) is 6.47. The minimum Gasteiger partial charge on any atom is -0.504 e. The topological polar surface area (TPSA) is 83.9 Å². The van der Waals surface area contributed by atoms with Gasteiger partial charge in [-0.3, -0.25) is 14.5 Å². The zero-order valence-corrected chi connectivity index (χ0v) is 26.5. The Morgan fingerprint density at radius 2 is 1.56 bits per heavy atom. The van der Waals surface area contributed by atoms with Crippen LogP contribution in [0, 0.1) is 11.8 Å². The molecule has 3 unspecified atom stereocenters. The molecule has 6 rings (SSSR count). The molecule has 4 aromatic carbocycles. The van der Waals surface area contributed by atoms with Crippen LogP contribution in [-0.4, -0.2) is 28.9 Å². The third-order valence-corrected chi connectivity index (χ3v) is 9.22. The number of hydrogen-bond acceptors (Lipinski definition) is 5. The van der Waals surface area contributed by atoms with Crippen molar-refractivity contribution in [1.29, 1.82) is 0 Å². The number of halogens is 1. The van der Waals surface area contributed by atoms with Crippen molar-refractivity contribution in [2.24, 2.45) is 11.8 Å². The number of Topliss-reactive ketones (excluding diaryl/α,β-unsaturated/α-hetero) is 1. The predicted molar refractivity (Wildman–Crippen MR) is 177 cm³/mol. The van der Waals surface area contributed by atoms with Gasteiger partial charge in [-0.05, 0) is 91.3 Å². The monoisotopic (exact) mass is 663 g/mol. The molecule has 1 fully saturated rings. The van der Waals surface area contributed by atoms with Crippen LogP contribution in [0.5, 0.6) is 0 Å². The summed E-state index contributed by atoms with van der Waals surface area (Å²) < 4.78 is 6.75. The van der Waals surface area contributed by atoms with Crippen LogP contribution < -0.4 is 4.90 Å². The highest BCUT2D eigenvalue weighted by molar-refractivity contribution is 9.10. The van der Waals surface area contributed by atoms with Gasteiger partial charge in [0.05, 0.1) is 5.57 Å². The Morgan fingerprint density at radius 3 is 2.20 bits per heavy atom. The number of carbonyl (C=O) groups is 3. The fourth-order valence-electron chi connectivity index (χ4n) is 6.21. The van der Waals surface area contributed by atoms with Crippen LogP contribution in [0.15, 0.2) is 125 Å². The normalized spacial score (nSPS) is 17.9. The highest BCUT2D eigenvalue weighted by Gasteiger charge is 2.47. The maximum atomic E-state index is 13.9. The highest BCUT2D eigenvalue weighted by Crippen LogP contribution is 2.49. The van der Waals surface area contributed by atoms with E-state index in [0.29, 0.717) is 29.8 Å². The lowest BCUT2D eigenvalue weighted by molar-refractivity contribution is -0.158. The van der Waals surface area contributed by atoms with Gasteiger partial charge >= 0.3 is 5.97 Å². The number of ether oxygens (including phenoxy) is 1. The van der Waals surface area contributed by atoms with Crippen molar-refractivity contribution in [2.45, 2.75) is 44.6 Å². The molecule has 228 valence electrons. The predicted octanol–water partition coefficient (Wildman–Crippen LogP) is 8.50. The fraction of sp³-hybridized carbons (Fsp3) is 0.237. The molecule has 3 atom stereocenters. The lowest BCUT2D eigenvalue weighted by Gasteiger charge is -2.32. The Hall–Kier alpha value is -4.49. The quantitative estimate of drug-likeness (QED) is 0.172. The molecule has 0 spiro atoms. The molecule has 45 heavy (non-hydrogen) atoms. The molecular formula is C38H34BrNO5. The number of hydrogen-bond donors (Lipinski definition) is 1. The summed E-state index contributed by atoms with van der Waals surface area (Å²) >= 11 is 3.48. The van der Waals surface area contributed by atoms with Crippen LogP contribution in [0.25, 0.3) is 0 Å². The van der Waals surface area contributed by atoms with Gasteiger partial charge in [0, 0.05) is 33.2 Å². The summed E-state index contributed by atoms with van der Waals surface area (Å²) in [5.74, 6) is -2.67. The van der Waals surface area contributed by atoms with Gasteiger partial charge in [-0.2, -0.15) is 0 Å². The molecular weight excluding hydrogens is 630 g/mol. The van der Waals surface area contributed by atoms with E-state index in [4.69, 9.17) is 4.74 Å². The van der Waals surface area contributed by atoms with Gasteiger partial charge in [-0.25, -0.2) is 4.79 Å². The minimum absolute atomic E-state index is 0.00930. The second kappa shape index (κ2) is 13.2. The second-order valence-corrected chi connectivity index (χ2v) is 12.6. The minimum atomic E-state index is -1.05. The number of ketones is 1. The van der Waals surface area contributed by atoms with Gasteiger partial charge in [0.1, 0.15) is 0 Å². The molecule has 2 aliphatic rings. The van der Waals surface area contributed by atoms with E-state index in [1.165, 1.54) is 0 Å². The summed E-state index contributed by atoms with van der Waals surface area (Å²) in [4.78, 5) is 42.9. The Balaban J connectivity index is 1.36. The lowest BCUT2D eigenvalue weighted by Crippen LogP contribution is -2.42. The molecule has 0 saturated heterocycles. The van der Waals surface area contributed by atoms with E-state index in [1.54, 1.807) is 17.0 Å². The van der Waals surface area contributed by atoms with E-state index in [2.05, 4.69) is 15.9 Å². The van der Waals surface area contributed by atoms with Crippen LogP contribution >= 0.6 is 15.9 Å². The van der Waals surface area contributed by atoms with Crippen molar-refractivity contribution in [3.05, 3.63) is 142 Å². The first-order chi connectivity index (χ1) is 21.9. The Morgan fingerprint density at radius 1 is 0.889 bits per heavy atom. The standard InChI is InChI=1S/C38H34BrNO5/c1-2-25(22-24-10-5-3-6-11-24)36-35(42)34(41)33(38(44)45-36)32(26-16-17-26)28-14-9-15-31(23-28)40(30-20-18-29(39)19-21-30)37(43)27-12-7-4-8-13-27/h3-15,18-21,23,25-26,32,36,41H,2,16-17,22H2,1H3. The third kappa shape index (κ3) is 6.50. The molecule has 7 heteroatoms. The zero-order chi connectivity index (χ0) is 31.5. The van der Waals surface area contributed by atoms with E-state index in [1.807, 2.05) is 104 Å². The molecule has 0 bridgehead atoms. The average Bonchev–Trinajstić information content (AvgIpc) is 3.91. The van der Waals surface area contributed by atoms with Gasteiger partial charge in [-0.15, -0.1) is 0 Å². The highest BCUT2D eigenvalue weighted by atomic mass is 79.9. The summed E-state index contributed by atoms with van der Waals surface area (Å²) in [6.07, 6.45) is 1.81. The van der Waals surface area contributed by atoms with Crippen molar-refractivity contribution in [1.82, 2.24) is 0 Å². The number of nitrogens with zero attached hydrogens (tertiary/aromatic N) is 1. The van der Waals surface area contributed by atoms with E-state index < -0.39 is 29.5 Å². The molecule has 1 aliphatic heterocycles. The van der Waals surface area contributed by atoms with Gasteiger partial charge in [-0.1, -0.05) is 83.5 Å². The number of aliphatic hydroxyl groups excluding tert-OH is 1. The first-order valence-electron chi connectivity index (χ1n) is 15.3. The van der Waals surface area contributed by atoms with Crippen LogP contribution in [0.3, 0.4) is 0 Å². The summed E-state index contributed by atoms with van der Waals surface area (Å²) in [7, 11) is 0. The van der Waals surface area contributed by atoms with E-state index in [9.17, 15) is 19.5 Å². The molecule has 1 saturated carbocycles. The van der Waals surface area contributed by atoms with Crippen LogP contribution in [-0.2, 0) is 20.7 Å². The molecule has 6 nitrogen and oxygen atoms in total. The summed E-state index contributed by atoms with van der Waals surface area (Å²) in [5.41, 5.74) is 3.59. The lowest BCUT2D eigenvalue weighted by atomic mass is 9.81. The Kier molecular flexibility index (Phi) is 8.99. The van der Waals surface area contributed by atoms with Gasteiger partial charge < -0.3 is 9.84 Å². The number of benzene rings is 4. The van der Waals surface area contributed by atoms with Crippen molar-refractivity contribution >= 4 is 45.0 Å². The van der Waals surface area contributed by atoms with E-state index in [0.717, 1.165) is 28.4 Å². The van der Waals surface area contributed by atoms with E-state index >= 15 is 0 Å². The average molecular weight is 665 g/mol. The number of amides is 1. The largest absolute Gasteiger partial charge is 0.504 e. The van der Waals surface area contributed by atoms with Crippen LogP contribution in [0.1, 0.15) is 53.6 Å².